The van der Waals surface area contributed by atoms with E-state index in [4.69, 9.17) is 4.74 Å². The highest BCUT2D eigenvalue weighted by Gasteiger charge is 2.51. The maximum atomic E-state index is 11.3. The van der Waals surface area contributed by atoms with Gasteiger partial charge in [-0.15, -0.1) is 0 Å². The Balaban J connectivity index is 2.86. The monoisotopic (exact) mass is 216 g/mol. The first-order chi connectivity index (χ1) is 6.80. The summed E-state index contributed by atoms with van der Waals surface area (Å²) >= 11 is 0. The van der Waals surface area contributed by atoms with Crippen LogP contribution in [0.1, 0.15) is 34.1 Å². The van der Waals surface area contributed by atoms with Gasteiger partial charge in [-0.05, 0) is 19.8 Å². The molecule has 0 aromatic carbocycles. The third-order valence-electron chi connectivity index (χ3n) is 3.27. The number of Topliss-reactive ketones (excluding diaryl/α,β-unsaturated/α-hetero) is 1. The van der Waals surface area contributed by atoms with Gasteiger partial charge in [-0.3, -0.25) is 4.79 Å². The molecular weight excluding hydrogens is 196 g/mol. The summed E-state index contributed by atoms with van der Waals surface area (Å²) < 4.78 is 5.56. The number of aliphatic hydroxyl groups excluding tert-OH is 1. The molecule has 4 atom stereocenters. The molecule has 4 heteroatoms. The molecule has 0 aromatic heterocycles. The quantitative estimate of drug-likeness (QED) is 0.705. The van der Waals surface area contributed by atoms with Crippen molar-refractivity contribution in [2.45, 2.75) is 58.0 Å². The average Bonchev–Trinajstić information content (AvgIpc) is 2.12. The molecule has 0 radical (unpaired) electrons. The van der Waals surface area contributed by atoms with E-state index in [2.05, 4.69) is 0 Å². The molecule has 1 fully saturated rings. The zero-order valence-corrected chi connectivity index (χ0v) is 9.73. The average molecular weight is 216 g/mol. The van der Waals surface area contributed by atoms with Gasteiger partial charge in [-0.25, -0.2) is 0 Å². The van der Waals surface area contributed by atoms with E-state index in [1.165, 1.54) is 6.92 Å². The second-order valence-electron chi connectivity index (χ2n) is 4.69. The molecule has 88 valence electrons. The number of rotatable bonds is 2. The predicted molar refractivity (Wildman–Crippen MR) is 55.4 cm³/mol. The Morgan fingerprint density at radius 1 is 1.53 bits per heavy atom. The number of carbonyl (C=O) groups is 1. The molecule has 0 spiro atoms. The van der Waals surface area contributed by atoms with Gasteiger partial charge in [0.25, 0.3) is 0 Å². The second kappa shape index (κ2) is 4.20. The van der Waals surface area contributed by atoms with Crippen LogP contribution in [0, 0.1) is 5.92 Å². The lowest BCUT2D eigenvalue weighted by molar-refractivity contribution is -0.223. The number of aliphatic hydroxyl groups is 2. The fourth-order valence-electron chi connectivity index (χ4n) is 2.04. The fourth-order valence-corrected chi connectivity index (χ4v) is 2.04. The number of carbonyl (C=O) groups excluding carboxylic acids is 1. The summed E-state index contributed by atoms with van der Waals surface area (Å²) in [6, 6.07) is 0. The largest absolute Gasteiger partial charge is 0.389 e. The van der Waals surface area contributed by atoms with E-state index < -0.39 is 23.6 Å². The number of hydrogen-bond acceptors (Lipinski definition) is 4. The van der Waals surface area contributed by atoms with Crippen LogP contribution < -0.4 is 0 Å². The lowest BCUT2D eigenvalue weighted by Gasteiger charge is -2.44. The Morgan fingerprint density at radius 3 is 2.40 bits per heavy atom. The third kappa shape index (κ3) is 2.07. The molecule has 2 N–H and O–H groups in total. The molecule has 1 rings (SSSR count). The molecule has 0 bridgehead atoms. The highest BCUT2D eigenvalue weighted by Crippen LogP contribution is 2.32. The van der Waals surface area contributed by atoms with E-state index in [0.717, 1.165) is 0 Å². The van der Waals surface area contributed by atoms with E-state index >= 15 is 0 Å². The zero-order chi connectivity index (χ0) is 11.8. The van der Waals surface area contributed by atoms with Gasteiger partial charge in [-0.1, -0.05) is 13.8 Å². The van der Waals surface area contributed by atoms with Crippen LogP contribution in [0.4, 0.5) is 0 Å². The molecule has 0 aliphatic carbocycles. The number of ketones is 1. The van der Waals surface area contributed by atoms with Gasteiger partial charge in [0, 0.05) is 6.42 Å². The molecule has 1 aliphatic rings. The topological polar surface area (TPSA) is 66.8 Å². The van der Waals surface area contributed by atoms with E-state index in [9.17, 15) is 15.0 Å². The Hall–Kier alpha value is -0.450. The van der Waals surface area contributed by atoms with Crippen LogP contribution in [0.2, 0.25) is 0 Å². The van der Waals surface area contributed by atoms with Crippen molar-refractivity contribution in [3.05, 3.63) is 0 Å². The summed E-state index contributed by atoms with van der Waals surface area (Å²) in [5.74, 6) is -0.177. The summed E-state index contributed by atoms with van der Waals surface area (Å²) in [5, 5.41) is 19.9. The van der Waals surface area contributed by atoms with Crippen LogP contribution in [0.3, 0.4) is 0 Å². The van der Waals surface area contributed by atoms with Crippen molar-refractivity contribution in [3.8, 4) is 0 Å². The molecule has 4 nitrogen and oxygen atoms in total. The van der Waals surface area contributed by atoms with E-state index in [-0.39, 0.29) is 12.0 Å². The molecule has 15 heavy (non-hydrogen) atoms. The van der Waals surface area contributed by atoms with Crippen molar-refractivity contribution in [1.29, 1.82) is 0 Å². The van der Waals surface area contributed by atoms with Gasteiger partial charge < -0.3 is 14.9 Å². The summed E-state index contributed by atoms with van der Waals surface area (Å²) in [5.41, 5.74) is -1.74. The van der Waals surface area contributed by atoms with Crippen LogP contribution in [0.15, 0.2) is 0 Å². The van der Waals surface area contributed by atoms with Crippen LogP contribution >= 0.6 is 0 Å². The Kier molecular flexibility index (Phi) is 3.53. The maximum absolute atomic E-state index is 11.3. The van der Waals surface area contributed by atoms with Crippen LogP contribution in [0.25, 0.3) is 0 Å². The first kappa shape index (κ1) is 12.6. The normalized spacial score (nSPS) is 41.9. The highest BCUT2D eigenvalue weighted by molar-refractivity contribution is 5.86. The molecule has 4 unspecified atom stereocenters. The van der Waals surface area contributed by atoms with E-state index in [0.29, 0.717) is 6.42 Å². The van der Waals surface area contributed by atoms with Crippen molar-refractivity contribution < 1.29 is 19.7 Å². The third-order valence-corrected chi connectivity index (χ3v) is 3.27. The van der Waals surface area contributed by atoms with Gasteiger partial charge >= 0.3 is 0 Å². The Labute approximate surface area is 90.2 Å². The minimum Gasteiger partial charge on any atom is -0.389 e. The molecule has 1 aliphatic heterocycles. The summed E-state index contributed by atoms with van der Waals surface area (Å²) in [6.45, 7) is 6.88. The molecule has 0 saturated carbocycles. The summed E-state index contributed by atoms with van der Waals surface area (Å²) in [4.78, 5) is 11.3. The molecule has 0 amide bonds. The first-order valence-corrected chi connectivity index (χ1v) is 5.37. The highest BCUT2D eigenvalue weighted by atomic mass is 16.5. The van der Waals surface area contributed by atoms with Crippen molar-refractivity contribution in [1.82, 2.24) is 0 Å². The standard InChI is InChI=1S/C11H20O4/c1-6(2)9-5-10(13)11(14,7(3)12)8(4)15-9/h6,8-10,13-14H,5H2,1-4H3. The summed E-state index contributed by atoms with van der Waals surface area (Å²) in [7, 11) is 0. The first-order valence-electron chi connectivity index (χ1n) is 5.37. The molecule has 1 heterocycles. The Morgan fingerprint density at radius 2 is 2.07 bits per heavy atom. The molecular formula is C11H20O4. The second-order valence-corrected chi connectivity index (χ2v) is 4.69. The van der Waals surface area contributed by atoms with Gasteiger partial charge in [0.2, 0.25) is 0 Å². The molecule has 1 saturated heterocycles. The number of hydrogen-bond donors (Lipinski definition) is 2. The predicted octanol–water partition coefficient (Wildman–Crippen LogP) is 0.501. The molecule has 0 aromatic rings. The zero-order valence-electron chi connectivity index (χ0n) is 9.73. The lowest BCUT2D eigenvalue weighted by Crippen LogP contribution is -2.62. The fraction of sp³-hybridized carbons (Fsp3) is 0.909. The van der Waals surface area contributed by atoms with E-state index in [1.807, 2.05) is 13.8 Å². The van der Waals surface area contributed by atoms with Gasteiger partial charge in [-0.2, -0.15) is 0 Å². The van der Waals surface area contributed by atoms with E-state index in [1.54, 1.807) is 6.92 Å². The maximum Gasteiger partial charge on any atom is 0.174 e. The van der Waals surface area contributed by atoms with Gasteiger partial charge in [0.05, 0.1) is 18.3 Å². The van der Waals surface area contributed by atoms with Crippen LogP contribution in [0.5, 0.6) is 0 Å². The Bertz CT molecular complexity index is 237. The van der Waals surface area contributed by atoms with Crippen LogP contribution in [-0.4, -0.2) is 39.9 Å². The van der Waals surface area contributed by atoms with Gasteiger partial charge in [0.15, 0.2) is 11.4 Å². The van der Waals surface area contributed by atoms with Crippen molar-refractivity contribution >= 4 is 5.78 Å². The lowest BCUT2D eigenvalue weighted by atomic mass is 9.80. The smallest absolute Gasteiger partial charge is 0.174 e. The number of ether oxygens (including phenoxy) is 1. The SMILES string of the molecule is CC(=O)C1(O)C(O)CC(C(C)C)OC1C. The van der Waals surface area contributed by atoms with Crippen molar-refractivity contribution in [3.63, 3.8) is 0 Å². The van der Waals surface area contributed by atoms with Crippen molar-refractivity contribution in [2.75, 3.05) is 0 Å². The summed E-state index contributed by atoms with van der Waals surface area (Å²) in [6.07, 6.45) is -1.50. The minimum absolute atomic E-state index is 0.102. The minimum atomic E-state index is -1.74. The van der Waals surface area contributed by atoms with Crippen LogP contribution in [-0.2, 0) is 9.53 Å². The van der Waals surface area contributed by atoms with Gasteiger partial charge in [0.1, 0.15) is 0 Å². The van der Waals surface area contributed by atoms with Crippen molar-refractivity contribution in [2.24, 2.45) is 5.92 Å².